The van der Waals surface area contributed by atoms with Gasteiger partial charge in [0.1, 0.15) is 0 Å². The lowest BCUT2D eigenvalue weighted by molar-refractivity contribution is 0.00344. The number of aryl methyl sites for hydroxylation is 2. The third-order valence-electron chi connectivity index (χ3n) is 4.18. The smallest absolute Gasteiger partial charge is 0.255 e. The van der Waals surface area contributed by atoms with E-state index >= 15 is 0 Å². The second-order valence-electron chi connectivity index (χ2n) is 6.52. The van der Waals surface area contributed by atoms with Crippen LogP contribution in [0.3, 0.4) is 0 Å². The van der Waals surface area contributed by atoms with Gasteiger partial charge >= 0.3 is 0 Å². The average molecular weight is 389 g/mol. The summed E-state index contributed by atoms with van der Waals surface area (Å²) in [4.78, 5) is 12.1. The minimum Gasteiger partial charge on any atom is -0.382 e. The molecular formula is C22H31NO5. The summed E-state index contributed by atoms with van der Waals surface area (Å²) in [6, 6.07) is 11.5. The first-order valence-electron chi connectivity index (χ1n) is 9.71. The molecule has 1 heterocycles. The normalized spacial score (nSPS) is 11.1. The second kappa shape index (κ2) is 13.2. The van der Waals surface area contributed by atoms with Crippen LogP contribution >= 0.6 is 0 Å². The van der Waals surface area contributed by atoms with Gasteiger partial charge in [0.25, 0.3) is 5.56 Å². The molecule has 0 N–H and O–H groups in total. The number of hydrogen-bond donors (Lipinski definition) is 0. The van der Waals surface area contributed by atoms with Crippen molar-refractivity contribution in [3.8, 4) is 5.69 Å². The molecule has 154 valence electrons. The Morgan fingerprint density at radius 1 is 0.857 bits per heavy atom. The van der Waals surface area contributed by atoms with Crippen molar-refractivity contribution in [2.24, 2.45) is 0 Å². The number of benzene rings is 1. The maximum atomic E-state index is 12.1. The lowest BCUT2D eigenvalue weighted by Crippen LogP contribution is -2.16. The van der Waals surface area contributed by atoms with Gasteiger partial charge in [-0.25, -0.2) is 0 Å². The Labute approximate surface area is 167 Å². The van der Waals surface area contributed by atoms with Gasteiger partial charge in [-0.2, -0.15) is 0 Å². The molecule has 0 saturated heterocycles. The van der Waals surface area contributed by atoms with E-state index in [0.717, 1.165) is 24.1 Å². The molecule has 0 aliphatic heterocycles. The Bertz CT molecular complexity index is 744. The topological polar surface area (TPSA) is 58.9 Å². The van der Waals surface area contributed by atoms with Crippen molar-refractivity contribution in [1.82, 2.24) is 4.57 Å². The number of ether oxygens (including phenoxy) is 4. The van der Waals surface area contributed by atoms with E-state index in [9.17, 15) is 4.79 Å². The first kappa shape index (κ1) is 22.3. The fraction of sp³-hybridized carbons (Fsp3) is 0.500. The minimum absolute atomic E-state index is 0.0184. The Morgan fingerprint density at radius 3 is 2.25 bits per heavy atom. The third kappa shape index (κ3) is 8.35. The molecular weight excluding hydrogens is 358 g/mol. The number of pyridine rings is 1. The van der Waals surface area contributed by atoms with Crippen molar-refractivity contribution in [2.45, 2.75) is 19.8 Å². The van der Waals surface area contributed by atoms with Gasteiger partial charge in [0.05, 0.1) is 39.6 Å². The Hall–Kier alpha value is -1.99. The van der Waals surface area contributed by atoms with Gasteiger partial charge in [-0.15, -0.1) is 0 Å². The van der Waals surface area contributed by atoms with Crippen LogP contribution in [0, 0.1) is 6.92 Å². The molecule has 28 heavy (non-hydrogen) atoms. The molecule has 2 rings (SSSR count). The molecule has 2 aromatic rings. The fourth-order valence-electron chi connectivity index (χ4n) is 2.72. The molecule has 0 radical (unpaired) electrons. The highest BCUT2D eigenvalue weighted by Crippen LogP contribution is 2.11. The first-order valence-corrected chi connectivity index (χ1v) is 9.71. The summed E-state index contributed by atoms with van der Waals surface area (Å²) in [6.07, 6.45) is 3.70. The average Bonchev–Trinajstić information content (AvgIpc) is 2.71. The summed E-state index contributed by atoms with van der Waals surface area (Å²) in [7, 11) is 1.65. The molecule has 0 spiro atoms. The van der Waals surface area contributed by atoms with Crippen molar-refractivity contribution >= 4 is 0 Å². The van der Waals surface area contributed by atoms with E-state index in [1.807, 2.05) is 31.3 Å². The summed E-state index contributed by atoms with van der Waals surface area (Å²) < 4.78 is 22.9. The maximum Gasteiger partial charge on any atom is 0.255 e. The van der Waals surface area contributed by atoms with Crippen LogP contribution in [0.5, 0.6) is 0 Å². The van der Waals surface area contributed by atoms with E-state index in [4.69, 9.17) is 18.9 Å². The zero-order valence-electron chi connectivity index (χ0n) is 16.9. The SMILES string of the molecule is COCCOCCOCCOCCCc1cccc(-n2cc(C)ccc2=O)c1. The van der Waals surface area contributed by atoms with Gasteiger partial charge in [-0.05, 0) is 43.0 Å². The minimum atomic E-state index is -0.0184. The molecule has 0 bridgehead atoms. The number of nitrogens with zero attached hydrogens (tertiary/aromatic N) is 1. The maximum absolute atomic E-state index is 12.1. The van der Waals surface area contributed by atoms with Crippen molar-refractivity contribution < 1.29 is 18.9 Å². The van der Waals surface area contributed by atoms with Crippen LogP contribution in [-0.2, 0) is 25.4 Å². The van der Waals surface area contributed by atoms with E-state index in [1.54, 1.807) is 17.7 Å². The first-order chi connectivity index (χ1) is 13.7. The zero-order valence-corrected chi connectivity index (χ0v) is 16.9. The van der Waals surface area contributed by atoms with Gasteiger partial charge in [-0.3, -0.25) is 9.36 Å². The van der Waals surface area contributed by atoms with E-state index in [2.05, 4.69) is 12.1 Å². The van der Waals surface area contributed by atoms with Gasteiger partial charge in [-0.1, -0.05) is 18.2 Å². The zero-order chi connectivity index (χ0) is 20.0. The Kier molecular flexibility index (Phi) is 10.5. The molecule has 6 heteroatoms. The van der Waals surface area contributed by atoms with Gasteiger partial charge < -0.3 is 18.9 Å². The van der Waals surface area contributed by atoms with Crippen molar-refractivity contribution in [3.63, 3.8) is 0 Å². The Morgan fingerprint density at radius 2 is 1.54 bits per heavy atom. The van der Waals surface area contributed by atoms with Crippen LogP contribution in [0.4, 0.5) is 0 Å². The van der Waals surface area contributed by atoms with Crippen molar-refractivity contribution in [1.29, 1.82) is 0 Å². The number of rotatable bonds is 14. The summed E-state index contributed by atoms with van der Waals surface area (Å²) >= 11 is 0. The molecule has 0 amide bonds. The lowest BCUT2D eigenvalue weighted by atomic mass is 10.1. The van der Waals surface area contributed by atoms with Crippen LogP contribution < -0.4 is 5.56 Å². The molecule has 0 atom stereocenters. The molecule has 1 aromatic heterocycles. The quantitative estimate of drug-likeness (QED) is 0.465. The highest BCUT2D eigenvalue weighted by Gasteiger charge is 2.02. The highest BCUT2D eigenvalue weighted by atomic mass is 16.6. The van der Waals surface area contributed by atoms with Gasteiger partial charge in [0.15, 0.2) is 0 Å². The summed E-state index contributed by atoms with van der Waals surface area (Å²) in [5.74, 6) is 0. The molecule has 0 saturated carbocycles. The van der Waals surface area contributed by atoms with Crippen molar-refractivity contribution in [2.75, 3.05) is 53.4 Å². The number of aromatic nitrogens is 1. The molecule has 0 aliphatic rings. The van der Waals surface area contributed by atoms with E-state index in [1.165, 1.54) is 5.56 Å². The fourth-order valence-corrected chi connectivity index (χ4v) is 2.72. The predicted molar refractivity (Wildman–Crippen MR) is 109 cm³/mol. The molecule has 1 aromatic carbocycles. The van der Waals surface area contributed by atoms with Crippen molar-refractivity contribution in [3.05, 3.63) is 64.1 Å². The van der Waals surface area contributed by atoms with E-state index in [-0.39, 0.29) is 5.56 Å². The summed E-state index contributed by atoms with van der Waals surface area (Å²) in [6.45, 7) is 6.15. The summed E-state index contributed by atoms with van der Waals surface area (Å²) in [5, 5.41) is 0. The van der Waals surface area contributed by atoms with Crippen LogP contribution in [0.15, 0.2) is 47.4 Å². The molecule has 0 fully saturated rings. The van der Waals surface area contributed by atoms with Gasteiger partial charge in [0.2, 0.25) is 0 Å². The highest BCUT2D eigenvalue weighted by molar-refractivity contribution is 5.37. The lowest BCUT2D eigenvalue weighted by Gasteiger charge is -2.09. The predicted octanol–water partition coefficient (Wildman–Crippen LogP) is 2.77. The molecule has 6 nitrogen and oxygen atoms in total. The second-order valence-corrected chi connectivity index (χ2v) is 6.52. The third-order valence-corrected chi connectivity index (χ3v) is 4.18. The monoisotopic (exact) mass is 389 g/mol. The standard InChI is InChI=1S/C22H31NO5/c1-19-8-9-22(24)23(18-19)21-7-3-5-20(17-21)6-4-10-26-13-14-28-16-15-27-12-11-25-2/h3,5,7-9,17-18H,4,6,10-16H2,1-2H3. The molecule has 0 aliphatic carbocycles. The number of methoxy groups -OCH3 is 1. The van der Waals surface area contributed by atoms with E-state index in [0.29, 0.717) is 46.2 Å². The van der Waals surface area contributed by atoms with Crippen LogP contribution in [0.2, 0.25) is 0 Å². The molecule has 0 unspecified atom stereocenters. The van der Waals surface area contributed by atoms with Crippen LogP contribution in [0.1, 0.15) is 17.5 Å². The van der Waals surface area contributed by atoms with Crippen LogP contribution in [0.25, 0.3) is 5.69 Å². The van der Waals surface area contributed by atoms with Gasteiger partial charge in [0, 0.05) is 31.7 Å². The number of hydrogen-bond acceptors (Lipinski definition) is 5. The Balaban J connectivity index is 1.61. The largest absolute Gasteiger partial charge is 0.382 e. The van der Waals surface area contributed by atoms with E-state index < -0.39 is 0 Å². The van der Waals surface area contributed by atoms with Crippen LogP contribution in [-0.4, -0.2) is 57.9 Å². The summed E-state index contributed by atoms with van der Waals surface area (Å²) in [5.41, 5.74) is 3.13.